The Morgan fingerprint density at radius 1 is 0.875 bits per heavy atom. The Kier molecular flexibility index (Phi) is 11.3. The first-order valence-electron chi connectivity index (χ1n) is 12.8. The van der Waals surface area contributed by atoms with E-state index in [9.17, 15) is 18.0 Å². The first-order chi connectivity index (χ1) is 19.0. The summed E-state index contributed by atoms with van der Waals surface area (Å²) in [7, 11) is -4.17. The number of amides is 2. The highest BCUT2D eigenvalue weighted by Gasteiger charge is 2.34. The molecule has 0 bridgehead atoms. The normalized spacial score (nSPS) is 12.8. The Morgan fingerprint density at radius 3 is 2.17 bits per heavy atom. The van der Waals surface area contributed by atoms with Crippen molar-refractivity contribution in [2.75, 3.05) is 10.8 Å². The van der Waals surface area contributed by atoms with Gasteiger partial charge in [0.2, 0.25) is 11.8 Å². The molecule has 3 aromatic carbocycles. The van der Waals surface area contributed by atoms with E-state index in [0.717, 1.165) is 4.31 Å². The predicted molar refractivity (Wildman–Crippen MR) is 161 cm³/mol. The lowest BCUT2D eigenvalue weighted by atomic mass is 10.1. The molecule has 7 nitrogen and oxygen atoms in total. The van der Waals surface area contributed by atoms with Gasteiger partial charge in [-0.3, -0.25) is 13.9 Å². The number of nitrogens with zero attached hydrogens (tertiary/aromatic N) is 2. The minimum atomic E-state index is -4.17. The van der Waals surface area contributed by atoms with Crippen molar-refractivity contribution in [2.45, 2.75) is 57.1 Å². The Hall–Kier alpha value is -2.78. The van der Waals surface area contributed by atoms with E-state index in [1.807, 2.05) is 13.8 Å². The average molecular weight is 625 g/mol. The number of nitrogens with one attached hydrogen (secondary N) is 1. The molecule has 2 unspecified atom stereocenters. The van der Waals surface area contributed by atoms with Gasteiger partial charge in [-0.05, 0) is 67.8 Å². The minimum absolute atomic E-state index is 0.0108. The summed E-state index contributed by atoms with van der Waals surface area (Å²) >= 11 is 18.5. The molecule has 0 radical (unpaired) electrons. The van der Waals surface area contributed by atoms with E-state index in [1.54, 1.807) is 61.5 Å². The van der Waals surface area contributed by atoms with Crippen LogP contribution in [0.1, 0.15) is 39.2 Å². The van der Waals surface area contributed by atoms with Gasteiger partial charge < -0.3 is 10.2 Å². The molecule has 0 heterocycles. The Labute approximate surface area is 251 Å². The molecule has 0 saturated carbocycles. The van der Waals surface area contributed by atoms with Crippen molar-refractivity contribution in [1.82, 2.24) is 10.2 Å². The lowest BCUT2D eigenvalue weighted by Crippen LogP contribution is -2.53. The summed E-state index contributed by atoms with van der Waals surface area (Å²) in [6, 6.07) is 18.1. The molecular formula is C29H32Cl3N3O4S. The molecule has 2 amide bonds. The maximum absolute atomic E-state index is 14.1. The van der Waals surface area contributed by atoms with Crippen LogP contribution >= 0.6 is 34.8 Å². The SMILES string of the molecule is CCC(C)NC(=O)C(CC)N(Cc1ccc(Cl)c(Cl)c1)C(=O)CN(c1cccc(Cl)c1)S(=O)(=O)c1ccccc1. The molecule has 11 heteroatoms. The number of hydrogen-bond acceptors (Lipinski definition) is 4. The molecule has 0 spiro atoms. The number of anilines is 1. The first kappa shape index (κ1) is 31.7. The second-order valence-corrected chi connectivity index (χ2v) is 12.4. The van der Waals surface area contributed by atoms with E-state index >= 15 is 0 Å². The van der Waals surface area contributed by atoms with Gasteiger partial charge in [0.05, 0.1) is 20.6 Å². The van der Waals surface area contributed by atoms with Crippen molar-refractivity contribution >= 4 is 62.3 Å². The number of carbonyl (C=O) groups excluding carboxylic acids is 2. The predicted octanol–water partition coefficient (Wildman–Crippen LogP) is 6.56. The van der Waals surface area contributed by atoms with E-state index < -0.39 is 28.5 Å². The summed E-state index contributed by atoms with van der Waals surface area (Å²) in [6.07, 6.45) is 1.01. The van der Waals surface area contributed by atoms with Gasteiger partial charge in [0, 0.05) is 17.6 Å². The monoisotopic (exact) mass is 623 g/mol. The van der Waals surface area contributed by atoms with Crippen molar-refractivity contribution < 1.29 is 18.0 Å². The molecule has 3 aromatic rings. The Balaban J connectivity index is 2.07. The number of benzene rings is 3. The molecule has 0 fully saturated rings. The van der Waals surface area contributed by atoms with Gasteiger partial charge in [-0.15, -0.1) is 0 Å². The summed E-state index contributed by atoms with van der Waals surface area (Å²) in [6.45, 7) is 5.07. The smallest absolute Gasteiger partial charge is 0.264 e. The standard InChI is InChI=1S/C29H32Cl3N3O4S/c1-4-20(3)33-29(37)27(5-2)34(18-21-14-15-25(31)26(32)16-21)28(36)19-35(23-11-9-10-22(30)17-23)40(38,39)24-12-7-6-8-13-24/h6-17,20,27H,4-5,18-19H2,1-3H3,(H,33,37). The van der Waals surface area contributed by atoms with Crippen molar-refractivity contribution in [2.24, 2.45) is 0 Å². The van der Waals surface area contributed by atoms with Gasteiger partial charge in [0.25, 0.3) is 10.0 Å². The van der Waals surface area contributed by atoms with E-state index in [1.165, 1.54) is 23.1 Å². The Morgan fingerprint density at radius 2 is 1.57 bits per heavy atom. The summed E-state index contributed by atoms with van der Waals surface area (Å²) in [4.78, 5) is 28.8. The van der Waals surface area contributed by atoms with Crippen molar-refractivity contribution in [3.05, 3.63) is 93.4 Å². The van der Waals surface area contributed by atoms with Crippen molar-refractivity contribution in [1.29, 1.82) is 0 Å². The average Bonchev–Trinajstić information content (AvgIpc) is 2.93. The molecule has 2 atom stereocenters. The number of carbonyl (C=O) groups is 2. The molecule has 0 aliphatic rings. The summed E-state index contributed by atoms with van der Waals surface area (Å²) in [5.74, 6) is -0.901. The fourth-order valence-corrected chi connectivity index (χ4v) is 6.01. The zero-order valence-corrected chi connectivity index (χ0v) is 25.6. The second kappa shape index (κ2) is 14.2. The van der Waals surface area contributed by atoms with E-state index in [-0.39, 0.29) is 29.1 Å². The molecule has 0 aliphatic heterocycles. The third kappa shape index (κ3) is 7.91. The van der Waals surface area contributed by atoms with Gasteiger partial charge in [-0.25, -0.2) is 8.42 Å². The summed E-state index contributed by atoms with van der Waals surface area (Å²) in [5, 5.41) is 3.91. The third-order valence-electron chi connectivity index (χ3n) is 6.43. The van der Waals surface area contributed by atoms with E-state index in [4.69, 9.17) is 34.8 Å². The fraction of sp³-hybridized carbons (Fsp3) is 0.310. The highest BCUT2D eigenvalue weighted by Crippen LogP contribution is 2.28. The molecule has 0 aromatic heterocycles. The molecule has 1 N–H and O–H groups in total. The topological polar surface area (TPSA) is 86.8 Å². The van der Waals surface area contributed by atoms with Gasteiger partial charge in [0.1, 0.15) is 12.6 Å². The Bertz CT molecular complexity index is 1440. The largest absolute Gasteiger partial charge is 0.352 e. The van der Waals surface area contributed by atoms with Gasteiger partial charge in [-0.1, -0.05) is 79.0 Å². The van der Waals surface area contributed by atoms with Crippen molar-refractivity contribution in [3.8, 4) is 0 Å². The number of sulfonamides is 1. The lowest BCUT2D eigenvalue weighted by Gasteiger charge is -2.33. The van der Waals surface area contributed by atoms with Crippen LogP contribution in [0, 0.1) is 0 Å². The van der Waals surface area contributed by atoms with Crippen LogP contribution < -0.4 is 9.62 Å². The van der Waals surface area contributed by atoms with Gasteiger partial charge in [-0.2, -0.15) is 0 Å². The van der Waals surface area contributed by atoms with Crippen LogP contribution in [0.3, 0.4) is 0 Å². The highest BCUT2D eigenvalue weighted by atomic mass is 35.5. The van der Waals surface area contributed by atoms with Crippen LogP contribution in [-0.2, 0) is 26.2 Å². The molecule has 40 heavy (non-hydrogen) atoms. The number of hydrogen-bond donors (Lipinski definition) is 1. The zero-order valence-electron chi connectivity index (χ0n) is 22.5. The number of rotatable bonds is 12. The van der Waals surface area contributed by atoms with Crippen LogP contribution in [0.15, 0.2) is 77.7 Å². The third-order valence-corrected chi connectivity index (χ3v) is 9.19. The zero-order chi connectivity index (χ0) is 29.4. The maximum Gasteiger partial charge on any atom is 0.264 e. The quantitative estimate of drug-likeness (QED) is 0.247. The minimum Gasteiger partial charge on any atom is -0.352 e. The molecular weight excluding hydrogens is 593 g/mol. The maximum atomic E-state index is 14.1. The second-order valence-electron chi connectivity index (χ2n) is 9.32. The van der Waals surface area contributed by atoms with Gasteiger partial charge in [0.15, 0.2) is 0 Å². The van der Waals surface area contributed by atoms with E-state index in [0.29, 0.717) is 33.5 Å². The summed E-state index contributed by atoms with van der Waals surface area (Å²) < 4.78 is 28.6. The number of halogens is 3. The van der Waals surface area contributed by atoms with Crippen LogP contribution in [0.25, 0.3) is 0 Å². The van der Waals surface area contributed by atoms with Gasteiger partial charge >= 0.3 is 0 Å². The lowest BCUT2D eigenvalue weighted by molar-refractivity contribution is -0.140. The molecule has 214 valence electrons. The molecule has 0 saturated heterocycles. The summed E-state index contributed by atoms with van der Waals surface area (Å²) in [5.41, 5.74) is 0.856. The van der Waals surface area contributed by atoms with Crippen LogP contribution in [0.4, 0.5) is 5.69 Å². The van der Waals surface area contributed by atoms with E-state index in [2.05, 4.69) is 5.32 Å². The highest BCUT2D eigenvalue weighted by molar-refractivity contribution is 7.92. The molecule has 0 aliphatic carbocycles. The fourth-order valence-electron chi connectivity index (χ4n) is 4.07. The van der Waals surface area contributed by atoms with Crippen LogP contribution in [0.5, 0.6) is 0 Å². The molecule has 3 rings (SSSR count). The van der Waals surface area contributed by atoms with Crippen LogP contribution in [-0.4, -0.2) is 43.8 Å². The van der Waals surface area contributed by atoms with Crippen molar-refractivity contribution in [3.63, 3.8) is 0 Å². The first-order valence-corrected chi connectivity index (χ1v) is 15.4. The van der Waals surface area contributed by atoms with Crippen LogP contribution in [0.2, 0.25) is 15.1 Å².